The highest BCUT2D eigenvalue weighted by Crippen LogP contribution is 2.29. The highest BCUT2D eigenvalue weighted by atomic mass is 32.2. The average Bonchev–Trinajstić information content (AvgIpc) is 3.66. The van der Waals surface area contributed by atoms with E-state index in [0.29, 0.717) is 35.9 Å². The van der Waals surface area contributed by atoms with Crippen molar-refractivity contribution in [3.8, 4) is 11.8 Å². The number of aromatic nitrogens is 1. The fourth-order valence-corrected chi connectivity index (χ4v) is 6.92. The highest BCUT2D eigenvalue weighted by molar-refractivity contribution is 7.90. The Hall–Kier alpha value is -4.88. The number of nitrogens with one attached hydrogen (secondary N) is 2. The number of hydrogen-bond acceptors (Lipinski definition) is 6. The number of nitrogens with zero attached hydrogens (tertiary/aromatic N) is 2. The van der Waals surface area contributed by atoms with Crippen molar-refractivity contribution >= 4 is 38.8 Å². The van der Waals surface area contributed by atoms with Crippen molar-refractivity contribution in [2.75, 3.05) is 13.7 Å². The number of aryl methyl sites for hydroxylation is 1. The summed E-state index contributed by atoms with van der Waals surface area (Å²) in [5.74, 6) is 0.0117. The van der Waals surface area contributed by atoms with Crippen LogP contribution < -0.4 is 14.8 Å². The van der Waals surface area contributed by atoms with E-state index in [4.69, 9.17) is 10.00 Å². The third-order valence-corrected chi connectivity index (χ3v) is 9.53. The SMILES string of the molecule is COc1cc(C(=O)NS(=O)(=O)c2ccccc2C)ccc1Cn1cc(C=CC#N)c2ccc(C(=O)NCC3CCCC3)cc21. The summed E-state index contributed by atoms with van der Waals surface area (Å²) >= 11 is 0. The van der Waals surface area contributed by atoms with Gasteiger partial charge < -0.3 is 14.6 Å². The number of carbonyl (C=O) groups excluding carboxylic acids is 2. The molecular formula is C34H34N4O5S. The van der Waals surface area contributed by atoms with Gasteiger partial charge in [-0.1, -0.05) is 43.2 Å². The molecule has 1 saturated carbocycles. The van der Waals surface area contributed by atoms with Crippen LogP contribution in [0, 0.1) is 24.2 Å². The first kappa shape index (κ1) is 30.6. The van der Waals surface area contributed by atoms with Gasteiger partial charge in [0.05, 0.1) is 24.6 Å². The Morgan fingerprint density at radius 1 is 1.05 bits per heavy atom. The minimum Gasteiger partial charge on any atom is -0.496 e. The number of allylic oxidation sites excluding steroid dienone is 1. The molecule has 3 aromatic carbocycles. The fourth-order valence-electron chi connectivity index (χ4n) is 5.70. The minimum atomic E-state index is -4.07. The maximum atomic E-state index is 13.0. The smallest absolute Gasteiger partial charge is 0.265 e. The Labute approximate surface area is 257 Å². The quantitative estimate of drug-likeness (QED) is 0.226. The number of hydrogen-bond donors (Lipinski definition) is 2. The van der Waals surface area contributed by atoms with Crippen molar-refractivity contribution in [2.45, 2.75) is 44.0 Å². The predicted octanol–water partition coefficient (Wildman–Crippen LogP) is 5.58. The van der Waals surface area contributed by atoms with Crippen LogP contribution in [0.15, 0.2) is 77.8 Å². The molecule has 0 aliphatic heterocycles. The van der Waals surface area contributed by atoms with Crippen molar-refractivity contribution < 1.29 is 22.7 Å². The first-order chi connectivity index (χ1) is 21.2. The van der Waals surface area contributed by atoms with Crippen LogP contribution in [0.3, 0.4) is 0 Å². The molecule has 2 N–H and O–H groups in total. The minimum absolute atomic E-state index is 0.0317. The van der Waals surface area contributed by atoms with E-state index in [1.165, 1.54) is 38.2 Å². The molecule has 10 heteroatoms. The Kier molecular flexibility index (Phi) is 9.16. The molecule has 1 aliphatic carbocycles. The predicted molar refractivity (Wildman–Crippen MR) is 169 cm³/mol. The number of benzene rings is 3. The van der Waals surface area contributed by atoms with Gasteiger partial charge in [-0.25, -0.2) is 13.1 Å². The standard InChI is InChI=1S/C34H34N4O5S/c1-23-8-3-6-12-32(23)44(41,42)37-34(40)26-13-14-28(31(19-26)43-2)22-38-21-27(11-7-17-35)29-16-15-25(18-30(29)38)33(39)36-20-24-9-4-5-10-24/h3,6-8,11-16,18-19,21,24H,4-5,9-10,20,22H2,1-2H3,(H,36,39)(H,37,40). The average molecular weight is 611 g/mol. The van der Waals surface area contributed by atoms with Crippen molar-refractivity contribution in [2.24, 2.45) is 5.92 Å². The topological polar surface area (TPSA) is 130 Å². The van der Waals surface area contributed by atoms with Crippen LogP contribution in [0.25, 0.3) is 17.0 Å². The van der Waals surface area contributed by atoms with Crippen molar-refractivity contribution in [3.63, 3.8) is 0 Å². The lowest BCUT2D eigenvalue weighted by atomic mass is 10.1. The lowest BCUT2D eigenvalue weighted by Gasteiger charge is -2.14. The number of rotatable bonds is 10. The Morgan fingerprint density at radius 3 is 2.50 bits per heavy atom. The normalized spacial score (nSPS) is 13.7. The molecule has 0 bridgehead atoms. The summed E-state index contributed by atoms with van der Waals surface area (Å²) in [6, 6.07) is 18.7. The van der Waals surface area contributed by atoms with Gasteiger partial charge in [-0.3, -0.25) is 9.59 Å². The first-order valence-corrected chi connectivity index (χ1v) is 16.0. The van der Waals surface area contributed by atoms with E-state index in [2.05, 4.69) is 10.0 Å². The molecule has 0 atom stereocenters. The summed E-state index contributed by atoms with van der Waals surface area (Å²) in [6.07, 6.45) is 9.72. The molecule has 9 nitrogen and oxygen atoms in total. The number of amides is 2. The molecule has 2 amide bonds. The van der Waals surface area contributed by atoms with Gasteiger partial charge in [0, 0.05) is 52.0 Å². The number of sulfonamides is 1. The van der Waals surface area contributed by atoms with Gasteiger partial charge >= 0.3 is 0 Å². The Balaban J connectivity index is 1.41. The van der Waals surface area contributed by atoms with Crippen LogP contribution in [0.4, 0.5) is 0 Å². The van der Waals surface area contributed by atoms with Crippen LogP contribution in [-0.2, 0) is 16.6 Å². The van der Waals surface area contributed by atoms with Crippen LogP contribution in [0.5, 0.6) is 5.75 Å². The molecule has 0 unspecified atom stereocenters. The third kappa shape index (κ3) is 6.68. The van der Waals surface area contributed by atoms with E-state index >= 15 is 0 Å². The van der Waals surface area contributed by atoms with E-state index in [-0.39, 0.29) is 16.4 Å². The molecule has 0 saturated heterocycles. The largest absolute Gasteiger partial charge is 0.496 e. The first-order valence-electron chi connectivity index (χ1n) is 14.5. The lowest BCUT2D eigenvalue weighted by Crippen LogP contribution is -2.31. The summed E-state index contributed by atoms with van der Waals surface area (Å²) in [7, 11) is -2.59. The fraction of sp³-hybridized carbons (Fsp3) is 0.265. The van der Waals surface area contributed by atoms with Gasteiger partial charge in [-0.2, -0.15) is 5.26 Å². The molecule has 226 valence electrons. The maximum Gasteiger partial charge on any atom is 0.265 e. The molecule has 1 heterocycles. The molecule has 4 aromatic rings. The van der Waals surface area contributed by atoms with Gasteiger partial charge in [0.15, 0.2) is 0 Å². The number of methoxy groups -OCH3 is 1. The van der Waals surface area contributed by atoms with E-state index < -0.39 is 15.9 Å². The second-order valence-electron chi connectivity index (χ2n) is 11.0. The van der Waals surface area contributed by atoms with Crippen molar-refractivity contribution in [3.05, 3.63) is 101 Å². The van der Waals surface area contributed by atoms with E-state index in [1.54, 1.807) is 49.4 Å². The van der Waals surface area contributed by atoms with Gasteiger partial charge in [0.2, 0.25) is 0 Å². The maximum absolute atomic E-state index is 13.0. The second kappa shape index (κ2) is 13.2. The van der Waals surface area contributed by atoms with Crippen LogP contribution in [0.2, 0.25) is 0 Å². The summed E-state index contributed by atoms with van der Waals surface area (Å²) in [4.78, 5) is 26.0. The molecule has 44 heavy (non-hydrogen) atoms. The molecule has 1 aromatic heterocycles. The third-order valence-electron chi connectivity index (χ3n) is 8.04. The van der Waals surface area contributed by atoms with Crippen LogP contribution in [0.1, 0.15) is 63.1 Å². The van der Waals surface area contributed by atoms with Gasteiger partial charge in [0.25, 0.3) is 21.8 Å². The monoisotopic (exact) mass is 610 g/mol. The van der Waals surface area contributed by atoms with Crippen molar-refractivity contribution in [1.82, 2.24) is 14.6 Å². The molecule has 5 rings (SSSR count). The summed E-state index contributed by atoms with van der Waals surface area (Å²) in [5.41, 5.74) is 3.53. The van der Waals surface area contributed by atoms with E-state index in [9.17, 15) is 18.0 Å². The van der Waals surface area contributed by atoms with Gasteiger partial charge in [-0.15, -0.1) is 0 Å². The summed E-state index contributed by atoms with van der Waals surface area (Å²) < 4.78 is 35.4. The number of fused-ring (bicyclic) bond motifs is 1. The van der Waals surface area contributed by atoms with Crippen molar-refractivity contribution in [1.29, 1.82) is 5.26 Å². The lowest BCUT2D eigenvalue weighted by molar-refractivity contribution is 0.0945. The molecule has 0 spiro atoms. The number of nitriles is 1. The zero-order valence-corrected chi connectivity index (χ0v) is 25.5. The zero-order valence-electron chi connectivity index (χ0n) is 24.7. The van der Waals surface area contributed by atoms with E-state index in [0.717, 1.165) is 34.9 Å². The van der Waals surface area contributed by atoms with Crippen LogP contribution in [-0.4, -0.2) is 38.5 Å². The number of carbonyl (C=O) groups is 2. The molecular weight excluding hydrogens is 576 g/mol. The summed E-state index contributed by atoms with van der Waals surface area (Å²) in [6.45, 7) is 2.66. The second-order valence-corrected chi connectivity index (χ2v) is 12.6. The Morgan fingerprint density at radius 2 is 1.77 bits per heavy atom. The molecule has 1 aliphatic rings. The van der Waals surface area contributed by atoms with Gasteiger partial charge in [0.1, 0.15) is 5.75 Å². The van der Waals surface area contributed by atoms with Crippen LogP contribution >= 0.6 is 0 Å². The molecule has 1 fully saturated rings. The summed E-state index contributed by atoms with van der Waals surface area (Å²) in [5, 5.41) is 13.1. The van der Waals surface area contributed by atoms with E-state index in [1.807, 2.05) is 29.0 Å². The van der Waals surface area contributed by atoms with Gasteiger partial charge in [-0.05, 0) is 67.7 Å². The number of ether oxygens (including phenoxy) is 1. The Bertz CT molecular complexity index is 1900. The highest BCUT2D eigenvalue weighted by Gasteiger charge is 2.22. The zero-order chi connectivity index (χ0) is 31.3. The molecule has 0 radical (unpaired) electrons.